The smallest absolute Gasteiger partial charge is 0.191 e. The quantitative estimate of drug-likeness (QED) is 0.188. The first-order chi connectivity index (χ1) is 15.3. The van der Waals surface area contributed by atoms with Crippen LogP contribution in [0, 0.1) is 17.6 Å². The Labute approximate surface area is 191 Å². The summed E-state index contributed by atoms with van der Waals surface area (Å²) >= 11 is 1.29. The average Bonchev–Trinajstić information content (AvgIpc) is 3.17. The van der Waals surface area contributed by atoms with E-state index in [1.165, 1.54) is 23.4 Å². The molecule has 0 amide bonds. The normalized spacial score (nSPS) is 13.0. The molecule has 3 aromatic rings. The second kappa shape index (κ2) is 10.7. The van der Waals surface area contributed by atoms with Crippen LogP contribution in [0.5, 0.6) is 0 Å². The van der Waals surface area contributed by atoms with E-state index >= 15 is 0 Å². The van der Waals surface area contributed by atoms with Gasteiger partial charge in [-0.1, -0.05) is 62.0 Å². The van der Waals surface area contributed by atoms with E-state index in [4.69, 9.17) is 0 Å². The zero-order chi connectivity index (χ0) is 23.3. The Kier molecular flexibility index (Phi) is 8.01. The number of nitrogens with zero attached hydrogens (tertiary/aromatic N) is 4. The summed E-state index contributed by atoms with van der Waals surface area (Å²) in [5, 5.41) is 21.9. The summed E-state index contributed by atoms with van der Waals surface area (Å²) in [6.07, 6.45) is 1.05. The van der Waals surface area contributed by atoms with E-state index in [9.17, 15) is 14.0 Å². The van der Waals surface area contributed by atoms with Gasteiger partial charge in [-0.2, -0.15) is 0 Å². The SMILES string of the molecule is CCn1c(SC/C(=N\O)c2ccc(F)cc2F)nnc1C(C)c1ccc(CC(C)C)cc1. The molecular weight excluding hydrogens is 430 g/mol. The molecule has 0 saturated carbocycles. The van der Waals surface area contributed by atoms with E-state index in [1.807, 2.05) is 11.5 Å². The largest absolute Gasteiger partial charge is 0.411 e. The van der Waals surface area contributed by atoms with Crippen molar-refractivity contribution in [1.82, 2.24) is 14.8 Å². The van der Waals surface area contributed by atoms with Crippen LogP contribution in [0.4, 0.5) is 8.78 Å². The van der Waals surface area contributed by atoms with Crippen molar-refractivity contribution >= 4 is 17.5 Å². The molecule has 8 heteroatoms. The number of hydrogen-bond donors (Lipinski definition) is 1. The summed E-state index contributed by atoms with van der Waals surface area (Å²) in [6.45, 7) is 9.18. The fourth-order valence-corrected chi connectivity index (χ4v) is 4.56. The molecule has 170 valence electrons. The van der Waals surface area contributed by atoms with Crippen LogP contribution in [0.3, 0.4) is 0 Å². The van der Waals surface area contributed by atoms with Crippen molar-refractivity contribution in [2.45, 2.75) is 51.7 Å². The van der Waals surface area contributed by atoms with Gasteiger partial charge in [-0.15, -0.1) is 10.2 Å². The minimum atomic E-state index is -0.773. The number of thioether (sulfide) groups is 1. The molecule has 0 aliphatic carbocycles. The summed E-state index contributed by atoms with van der Waals surface area (Å²) in [7, 11) is 0. The first-order valence-electron chi connectivity index (χ1n) is 10.6. The van der Waals surface area contributed by atoms with E-state index in [1.54, 1.807) is 0 Å². The van der Waals surface area contributed by atoms with Gasteiger partial charge in [0.05, 0.1) is 0 Å². The van der Waals surface area contributed by atoms with Crippen LogP contribution in [-0.2, 0) is 13.0 Å². The number of rotatable bonds is 9. The molecular formula is C24H28F2N4OS. The lowest BCUT2D eigenvalue weighted by Crippen LogP contribution is -2.11. The van der Waals surface area contributed by atoms with Crippen molar-refractivity contribution < 1.29 is 14.0 Å². The van der Waals surface area contributed by atoms with Crippen molar-refractivity contribution in [3.05, 3.63) is 76.6 Å². The summed E-state index contributed by atoms with van der Waals surface area (Å²) in [5.74, 6) is 0.197. The second-order valence-electron chi connectivity index (χ2n) is 8.11. The maximum Gasteiger partial charge on any atom is 0.191 e. The highest BCUT2D eigenvalue weighted by Crippen LogP contribution is 2.28. The summed E-state index contributed by atoms with van der Waals surface area (Å²) in [6, 6.07) is 11.8. The predicted molar refractivity (Wildman–Crippen MR) is 124 cm³/mol. The molecule has 1 aromatic heterocycles. The standard InChI is InChI=1S/C24H28F2N4OS/c1-5-30-23(16(4)18-8-6-17(7-9-18)12-15(2)3)27-28-24(30)32-14-22(29-31)20-11-10-19(25)13-21(20)26/h6-11,13,15-16,31H,5,12,14H2,1-4H3/b29-22+. The van der Waals surface area contributed by atoms with Crippen LogP contribution in [-0.4, -0.2) is 31.4 Å². The van der Waals surface area contributed by atoms with Crippen molar-refractivity contribution in [2.24, 2.45) is 11.1 Å². The van der Waals surface area contributed by atoms with Crippen molar-refractivity contribution in [1.29, 1.82) is 0 Å². The van der Waals surface area contributed by atoms with Crippen LogP contribution >= 0.6 is 11.8 Å². The molecule has 0 saturated heterocycles. The van der Waals surface area contributed by atoms with E-state index in [-0.39, 0.29) is 22.9 Å². The Balaban J connectivity index is 1.76. The molecule has 5 nitrogen and oxygen atoms in total. The first kappa shape index (κ1) is 23.9. The Morgan fingerprint density at radius 3 is 2.41 bits per heavy atom. The first-order valence-corrected chi connectivity index (χ1v) is 11.6. The van der Waals surface area contributed by atoms with Gasteiger partial charge < -0.3 is 9.77 Å². The molecule has 32 heavy (non-hydrogen) atoms. The van der Waals surface area contributed by atoms with E-state index in [0.29, 0.717) is 17.6 Å². The monoisotopic (exact) mass is 458 g/mol. The Bertz CT molecular complexity index is 1080. The number of hydrogen-bond acceptors (Lipinski definition) is 5. The van der Waals surface area contributed by atoms with Gasteiger partial charge >= 0.3 is 0 Å². The van der Waals surface area contributed by atoms with Gasteiger partial charge in [0.15, 0.2) is 5.16 Å². The summed E-state index contributed by atoms with van der Waals surface area (Å²) < 4.78 is 29.3. The van der Waals surface area contributed by atoms with Gasteiger partial charge in [-0.3, -0.25) is 0 Å². The molecule has 0 radical (unpaired) electrons. The third-order valence-electron chi connectivity index (χ3n) is 5.27. The second-order valence-corrected chi connectivity index (χ2v) is 9.05. The third-order valence-corrected chi connectivity index (χ3v) is 6.25. The Morgan fingerprint density at radius 1 is 1.09 bits per heavy atom. The molecule has 1 atom stereocenters. The molecule has 1 N–H and O–H groups in total. The number of oxime groups is 1. The minimum Gasteiger partial charge on any atom is -0.411 e. The molecule has 0 bridgehead atoms. The van der Waals surface area contributed by atoms with Crippen LogP contribution in [0.15, 0.2) is 52.8 Å². The molecule has 0 aliphatic rings. The van der Waals surface area contributed by atoms with Crippen LogP contribution in [0.1, 0.15) is 56.1 Å². The molecule has 1 heterocycles. The average molecular weight is 459 g/mol. The maximum atomic E-state index is 14.1. The topological polar surface area (TPSA) is 63.3 Å². The lowest BCUT2D eigenvalue weighted by molar-refractivity contribution is 0.319. The lowest BCUT2D eigenvalue weighted by Gasteiger charge is -2.15. The Hall–Kier alpha value is -2.74. The van der Waals surface area contributed by atoms with Gasteiger partial charge in [-0.25, -0.2) is 8.78 Å². The summed E-state index contributed by atoms with van der Waals surface area (Å²) in [4.78, 5) is 0. The number of aromatic nitrogens is 3. The highest BCUT2D eigenvalue weighted by molar-refractivity contribution is 7.99. The van der Waals surface area contributed by atoms with Crippen molar-refractivity contribution in [2.75, 3.05) is 5.75 Å². The number of halogens is 2. The minimum absolute atomic E-state index is 0.0467. The molecule has 2 aromatic carbocycles. The zero-order valence-corrected chi connectivity index (χ0v) is 19.5. The lowest BCUT2D eigenvalue weighted by atomic mass is 9.96. The molecule has 3 rings (SSSR count). The Morgan fingerprint density at radius 2 is 1.81 bits per heavy atom. The van der Waals surface area contributed by atoms with Gasteiger partial charge in [0, 0.05) is 29.8 Å². The van der Waals surface area contributed by atoms with Crippen LogP contribution in [0.25, 0.3) is 0 Å². The molecule has 1 unspecified atom stereocenters. The highest BCUT2D eigenvalue weighted by atomic mass is 32.2. The van der Waals surface area contributed by atoms with Gasteiger partial charge in [0.1, 0.15) is 23.2 Å². The molecule has 0 aliphatic heterocycles. The summed E-state index contributed by atoms with van der Waals surface area (Å²) in [5.41, 5.74) is 2.63. The fourth-order valence-electron chi connectivity index (χ4n) is 3.60. The third kappa shape index (κ3) is 5.54. The van der Waals surface area contributed by atoms with Gasteiger partial charge in [0.2, 0.25) is 0 Å². The molecule has 0 spiro atoms. The zero-order valence-electron chi connectivity index (χ0n) is 18.7. The number of benzene rings is 2. The molecule has 0 fully saturated rings. The van der Waals surface area contributed by atoms with E-state index in [0.717, 1.165) is 29.9 Å². The van der Waals surface area contributed by atoms with Crippen molar-refractivity contribution in [3.63, 3.8) is 0 Å². The predicted octanol–water partition coefficient (Wildman–Crippen LogP) is 5.90. The van der Waals surface area contributed by atoms with Crippen LogP contribution < -0.4 is 0 Å². The van der Waals surface area contributed by atoms with E-state index < -0.39 is 11.6 Å². The maximum absolute atomic E-state index is 14.1. The van der Waals surface area contributed by atoms with Crippen molar-refractivity contribution in [3.8, 4) is 0 Å². The van der Waals surface area contributed by atoms with E-state index in [2.05, 4.69) is 60.4 Å². The van der Waals surface area contributed by atoms with Crippen LogP contribution in [0.2, 0.25) is 0 Å². The fraction of sp³-hybridized carbons (Fsp3) is 0.375. The highest BCUT2D eigenvalue weighted by Gasteiger charge is 2.20. The van der Waals surface area contributed by atoms with Gasteiger partial charge in [0.25, 0.3) is 0 Å². The van der Waals surface area contributed by atoms with Gasteiger partial charge in [-0.05, 0) is 42.5 Å².